The lowest BCUT2D eigenvalue weighted by atomic mass is 9.98. The summed E-state index contributed by atoms with van der Waals surface area (Å²) < 4.78 is 32.3. The first-order chi connectivity index (χ1) is 11.5. The molecule has 2 heterocycles. The van der Waals surface area contributed by atoms with Crippen LogP contribution in [0.25, 0.3) is 0 Å². The molecule has 3 N–H and O–H groups in total. The molecule has 0 saturated carbocycles. The highest BCUT2D eigenvalue weighted by Gasteiger charge is 2.27. The van der Waals surface area contributed by atoms with Crippen LogP contribution in [-0.2, 0) is 10.0 Å². The number of piperidine rings is 1. The molecule has 1 fully saturated rings. The van der Waals surface area contributed by atoms with Gasteiger partial charge in [0.15, 0.2) is 16.5 Å². The fourth-order valence-corrected chi connectivity index (χ4v) is 4.44. The molecule has 1 unspecified atom stereocenters. The molecule has 0 aliphatic carbocycles. The van der Waals surface area contributed by atoms with Crippen LogP contribution in [0, 0.1) is 12.8 Å². The molecule has 0 bridgehead atoms. The molecule has 0 radical (unpaired) electrons. The summed E-state index contributed by atoms with van der Waals surface area (Å²) in [4.78, 5) is 2.24. The number of nitrogens with one attached hydrogen (secondary N) is 1. The smallest absolute Gasteiger partial charge is 0.247 e. The Morgan fingerprint density at radius 2 is 2.12 bits per heavy atom. The van der Waals surface area contributed by atoms with Crippen molar-refractivity contribution in [3.63, 3.8) is 0 Å². The number of benzene rings is 1. The van der Waals surface area contributed by atoms with Crippen molar-refractivity contribution in [2.24, 2.45) is 5.92 Å². The van der Waals surface area contributed by atoms with E-state index in [1.807, 2.05) is 18.2 Å². The van der Waals surface area contributed by atoms with Crippen molar-refractivity contribution in [1.29, 1.82) is 0 Å². The highest BCUT2D eigenvalue weighted by molar-refractivity contribution is 7.89. The van der Waals surface area contributed by atoms with Crippen molar-refractivity contribution in [2.45, 2.75) is 24.7 Å². The third-order valence-electron chi connectivity index (χ3n) is 4.30. The average molecular weight is 350 g/mol. The number of hydrogen-bond donors (Lipinski definition) is 2. The van der Waals surface area contributed by atoms with Gasteiger partial charge in [0.1, 0.15) is 0 Å². The van der Waals surface area contributed by atoms with Gasteiger partial charge in [-0.25, -0.2) is 13.1 Å². The number of nitrogens with two attached hydrogens (primary N) is 1. The van der Waals surface area contributed by atoms with Crippen LogP contribution in [0.1, 0.15) is 18.6 Å². The Balaban J connectivity index is 1.64. The van der Waals surface area contributed by atoms with Crippen molar-refractivity contribution in [3.8, 4) is 0 Å². The lowest BCUT2D eigenvalue weighted by Crippen LogP contribution is -2.41. The summed E-state index contributed by atoms with van der Waals surface area (Å²) in [6.07, 6.45) is 2.03. The molecule has 8 heteroatoms. The average Bonchev–Trinajstić information content (AvgIpc) is 2.94. The molecule has 1 aliphatic heterocycles. The third kappa shape index (κ3) is 3.54. The number of sulfonamides is 1. The Hall–Kier alpha value is -2.06. The second-order valence-electron chi connectivity index (χ2n) is 6.09. The summed E-state index contributed by atoms with van der Waals surface area (Å²) in [5.74, 6) is 0.347. The van der Waals surface area contributed by atoms with Crippen LogP contribution in [0.5, 0.6) is 0 Å². The highest BCUT2D eigenvalue weighted by Crippen LogP contribution is 2.24. The largest absolute Gasteiger partial charge is 0.380 e. The fraction of sp³-hybridized carbons (Fsp3) is 0.438. The van der Waals surface area contributed by atoms with Gasteiger partial charge in [-0.1, -0.05) is 23.4 Å². The normalized spacial score (nSPS) is 18.7. The Kier molecular flexibility index (Phi) is 4.77. The molecule has 7 nitrogen and oxygen atoms in total. The maximum atomic E-state index is 12.4. The van der Waals surface area contributed by atoms with Crippen LogP contribution in [0.4, 0.5) is 11.5 Å². The summed E-state index contributed by atoms with van der Waals surface area (Å²) >= 11 is 0. The lowest BCUT2D eigenvalue weighted by Gasteiger charge is -2.34. The SMILES string of the molecule is Cc1onc(N)c1S(=O)(=O)NCC1CCCN(c2ccccc2)C1. The predicted molar refractivity (Wildman–Crippen MR) is 92.2 cm³/mol. The minimum Gasteiger partial charge on any atom is -0.380 e. The van der Waals surface area contributed by atoms with E-state index in [1.54, 1.807) is 0 Å². The number of aryl methyl sites for hydroxylation is 1. The van der Waals surface area contributed by atoms with E-state index in [4.69, 9.17) is 10.3 Å². The van der Waals surface area contributed by atoms with Crippen LogP contribution < -0.4 is 15.4 Å². The molecule has 130 valence electrons. The number of hydrogen-bond acceptors (Lipinski definition) is 6. The Morgan fingerprint density at radius 1 is 1.38 bits per heavy atom. The Bertz CT molecular complexity index is 769. The monoisotopic (exact) mass is 350 g/mol. The Morgan fingerprint density at radius 3 is 2.79 bits per heavy atom. The van der Waals surface area contributed by atoms with E-state index in [-0.39, 0.29) is 22.4 Å². The molecule has 1 aromatic carbocycles. The molecule has 1 aromatic heterocycles. The third-order valence-corrected chi connectivity index (χ3v) is 5.89. The number of nitrogen functional groups attached to an aromatic ring is 1. The van der Waals surface area contributed by atoms with Crippen molar-refractivity contribution >= 4 is 21.5 Å². The minimum atomic E-state index is -3.71. The van der Waals surface area contributed by atoms with E-state index < -0.39 is 10.0 Å². The van der Waals surface area contributed by atoms with E-state index in [2.05, 4.69) is 26.9 Å². The number of rotatable bonds is 5. The van der Waals surface area contributed by atoms with Gasteiger partial charge in [-0.15, -0.1) is 0 Å². The maximum absolute atomic E-state index is 12.4. The van der Waals surface area contributed by atoms with Gasteiger partial charge in [0.2, 0.25) is 10.0 Å². The van der Waals surface area contributed by atoms with Crippen LogP contribution in [0.15, 0.2) is 39.8 Å². The van der Waals surface area contributed by atoms with E-state index in [1.165, 1.54) is 12.6 Å². The number of aromatic nitrogens is 1. The molecule has 0 spiro atoms. The van der Waals surface area contributed by atoms with Gasteiger partial charge in [0.05, 0.1) is 0 Å². The molecule has 3 rings (SSSR count). The maximum Gasteiger partial charge on any atom is 0.247 e. The van der Waals surface area contributed by atoms with Gasteiger partial charge in [-0.05, 0) is 37.8 Å². The molecule has 0 amide bonds. The fourth-order valence-electron chi connectivity index (χ4n) is 3.11. The van der Waals surface area contributed by atoms with Crippen molar-refractivity contribution in [2.75, 3.05) is 30.3 Å². The van der Waals surface area contributed by atoms with Crippen molar-refractivity contribution in [1.82, 2.24) is 9.88 Å². The second kappa shape index (κ2) is 6.82. The molecule has 1 aliphatic rings. The van der Waals surface area contributed by atoms with E-state index in [0.717, 1.165) is 25.9 Å². The summed E-state index contributed by atoms with van der Waals surface area (Å²) in [5.41, 5.74) is 6.77. The summed E-state index contributed by atoms with van der Waals surface area (Å²) in [7, 11) is -3.71. The standard InChI is InChI=1S/C16H22N4O3S/c1-12-15(16(17)19-23-12)24(21,22)18-10-13-6-5-9-20(11-13)14-7-3-2-4-8-14/h2-4,7-8,13,18H,5-6,9-11H2,1H3,(H2,17,19). The number of anilines is 2. The van der Waals surface area contributed by atoms with Gasteiger partial charge in [0, 0.05) is 25.3 Å². The predicted octanol–water partition coefficient (Wildman–Crippen LogP) is 1.76. The number of para-hydroxylation sites is 1. The molecule has 24 heavy (non-hydrogen) atoms. The van der Waals surface area contributed by atoms with Crippen LogP contribution in [0.3, 0.4) is 0 Å². The highest BCUT2D eigenvalue weighted by atomic mass is 32.2. The van der Waals surface area contributed by atoms with Gasteiger partial charge in [-0.3, -0.25) is 0 Å². The van der Waals surface area contributed by atoms with E-state index >= 15 is 0 Å². The molecular weight excluding hydrogens is 328 g/mol. The van der Waals surface area contributed by atoms with Gasteiger partial charge in [-0.2, -0.15) is 0 Å². The topological polar surface area (TPSA) is 101 Å². The van der Waals surface area contributed by atoms with Gasteiger partial charge >= 0.3 is 0 Å². The van der Waals surface area contributed by atoms with E-state index in [9.17, 15) is 8.42 Å². The molecule has 2 aromatic rings. The van der Waals surface area contributed by atoms with Crippen LogP contribution in [-0.4, -0.2) is 33.2 Å². The quantitative estimate of drug-likeness (QED) is 0.852. The van der Waals surface area contributed by atoms with Crippen molar-refractivity contribution < 1.29 is 12.9 Å². The zero-order chi connectivity index (χ0) is 17.2. The van der Waals surface area contributed by atoms with Crippen molar-refractivity contribution in [3.05, 3.63) is 36.1 Å². The zero-order valence-electron chi connectivity index (χ0n) is 13.6. The van der Waals surface area contributed by atoms with Crippen LogP contribution >= 0.6 is 0 Å². The summed E-state index contributed by atoms with van der Waals surface area (Å²) in [6.45, 7) is 3.72. The lowest BCUT2D eigenvalue weighted by molar-refractivity contribution is 0.395. The first-order valence-electron chi connectivity index (χ1n) is 7.99. The van der Waals surface area contributed by atoms with Gasteiger partial charge < -0.3 is 15.2 Å². The molecular formula is C16H22N4O3S. The summed E-state index contributed by atoms with van der Waals surface area (Å²) in [5, 5.41) is 3.50. The first-order valence-corrected chi connectivity index (χ1v) is 9.47. The van der Waals surface area contributed by atoms with Crippen LogP contribution in [0.2, 0.25) is 0 Å². The van der Waals surface area contributed by atoms with E-state index in [0.29, 0.717) is 6.54 Å². The molecule has 1 atom stereocenters. The minimum absolute atomic E-state index is 0.0572. The zero-order valence-corrected chi connectivity index (χ0v) is 14.4. The first kappa shape index (κ1) is 16.8. The number of nitrogens with zero attached hydrogens (tertiary/aromatic N) is 2. The Labute approximate surface area is 141 Å². The summed E-state index contributed by atoms with van der Waals surface area (Å²) in [6, 6.07) is 10.2. The van der Waals surface area contributed by atoms with Gasteiger partial charge in [0.25, 0.3) is 0 Å². The molecule has 1 saturated heterocycles. The second-order valence-corrected chi connectivity index (χ2v) is 7.80.